The molecule has 6 heteroatoms. The number of carbonyl (C=O) groups is 3. The van der Waals surface area contributed by atoms with Gasteiger partial charge in [-0.3, -0.25) is 19.4 Å². The quantitative estimate of drug-likeness (QED) is 0.798. The molecule has 2 saturated heterocycles. The Balaban J connectivity index is 1.73. The minimum Gasteiger partial charge on any atom is -0.341 e. The van der Waals surface area contributed by atoms with Gasteiger partial charge in [0.15, 0.2) is 0 Å². The molecule has 2 fully saturated rings. The molecule has 1 aromatic carbocycles. The van der Waals surface area contributed by atoms with Crippen LogP contribution in [0.25, 0.3) is 0 Å². The van der Waals surface area contributed by atoms with Crippen molar-refractivity contribution in [3.8, 4) is 0 Å². The fraction of sp³-hybridized carbons (Fsp3) is 0.500. The van der Waals surface area contributed by atoms with E-state index >= 15 is 0 Å². The zero-order chi connectivity index (χ0) is 17.3. The molecule has 6 nitrogen and oxygen atoms in total. The molecule has 1 aromatic rings. The second-order valence-electron chi connectivity index (χ2n) is 6.68. The molecule has 0 saturated carbocycles. The Morgan fingerprint density at radius 2 is 1.88 bits per heavy atom. The molecule has 0 bridgehead atoms. The van der Waals surface area contributed by atoms with Gasteiger partial charge in [-0.2, -0.15) is 0 Å². The first kappa shape index (κ1) is 16.5. The summed E-state index contributed by atoms with van der Waals surface area (Å²) >= 11 is 0. The molecule has 2 heterocycles. The molecule has 0 radical (unpaired) electrons. The lowest BCUT2D eigenvalue weighted by Gasteiger charge is -2.31. The van der Waals surface area contributed by atoms with Crippen LogP contribution in [0.1, 0.15) is 26.7 Å². The van der Waals surface area contributed by atoms with Crippen LogP contribution in [0.3, 0.4) is 0 Å². The number of piperidine rings is 1. The van der Waals surface area contributed by atoms with Gasteiger partial charge in [0.2, 0.25) is 5.91 Å². The van der Waals surface area contributed by atoms with Gasteiger partial charge in [-0.25, -0.2) is 4.79 Å². The van der Waals surface area contributed by atoms with E-state index in [1.807, 2.05) is 18.2 Å². The summed E-state index contributed by atoms with van der Waals surface area (Å²) in [7, 11) is 0. The van der Waals surface area contributed by atoms with Crippen LogP contribution >= 0.6 is 0 Å². The van der Waals surface area contributed by atoms with E-state index in [2.05, 4.69) is 6.92 Å². The second-order valence-corrected chi connectivity index (χ2v) is 6.68. The average Bonchev–Trinajstić information content (AvgIpc) is 2.79. The molecule has 2 aliphatic rings. The lowest BCUT2D eigenvalue weighted by molar-refractivity contribution is -0.138. The van der Waals surface area contributed by atoms with Crippen LogP contribution in [0.2, 0.25) is 0 Å². The molecule has 0 aromatic heterocycles. The van der Waals surface area contributed by atoms with Crippen molar-refractivity contribution in [3.63, 3.8) is 0 Å². The highest BCUT2D eigenvalue weighted by molar-refractivity contribution is 6.15. The van der Waals surface area contributed by atoms with E-state index in [0.717, 1.165) is 17.7 Å². The molecule has 0 spiro atoms. The number of likely N-dealkylation sites (tertiary alicyclic amines) is 1. The number of hydrogen-bond donors (Lipinski definition) is 0. The van der Waals surface area contributed by atoms with E-state index in [-0.39, 0.29) is 18.4 Å². The van der Waals surface area contributed by atoms with E-state index in [1.165, 1.54) is 4.90 Å². The van der Waals surface area contributed by atoms with Gasteiger partial charge in [0, 0.05) is 18.8 Å². The topological polar surface area (TPSA) is 60.9 Å². The van der Waals surface area contributed by atoms with Crippen molar-refractivity contribution in [1.29, 1.82) is 0 Å². The Bertz CT molecular complexity index is 646. The van der Waals surface area contributed by atoms with Gasteiger partial charge in [-0.1, -0.05) is 25.1 Å². The second kappa shape index (κ2) is 6.63. The number of hydrogen-bond acceptors (Lipinski definition) is 3. The third-order valence-corrected chi connectivity index (χ3v) is 4.79. The van der Waals surface area contributed by atoms with Gasteiger partial charge >= 0.3 is 6.03 Å². The Hall–Kier alpha value is -2.37. The monoisotopic (exact) mass is 329 g/mol. The third-order valence-electron chi connectivity index (χ3n) is 4.79. The summed E-state index contributed by atoms with van der Waals surface area (Å²) in [5.74, 6) is 0.0000413. The number of carbonyl (C=O) groups excluding carboxylic acids is 3. The van der Waals surface area contributed by atoms with Gasteiger partial charge in [0.25, 0.3) is 5.91 Å². The van der Waals surface area contributed by atoms with Gasteiger partial charge in [-0.15, -0.1) is 0 Å². The first-order chi connectivity index (χ1) is 11.5. The Morgan fingerprint density at radius 3 is 2.54 bits per heavy atom. The van der Waals surface area contributed by atoms with E-state index in [9.17, 15) is 14.4 Å². The predicted molar refractivity (Wildman–Crippen MR) is 90.5 cm³/mol. The maximum atomic E-state index is 12.7. The molecule has 3 rings (SSSR count). The number of nitrogens with zero attached hydrogens (tertiary/aromatic N) is 3. The van der Waals surface area contributed by atoms with Crippen molar-refractivity contribution in [1.82, 2.24) is 9.80 Å². The number of anilines is 1. The number of rotatable bonds is 3. The molecular weight excluding hydrogens is 306 g/mol. The van der Waals surface area contributed by atoms with Crippen LogP contribution in [0, 0.1) is 5.92 Å². The summed E-state index contributed by atoms with van der Waals surface area (Å²) in [6.07, 6.45) is 2.09. The van der Waals surface area contributed by atoms with Crippen LogP contribution in [-0.2, 0) is 9.59 Å². The number of imide groups is 1. The SMILES string of the molecule is C[C@@H]1CCCN(C(=O)CN2C(=O)[C@@H](C)N(c3ccccc3)C2=O)C1. The number of benzene rings is 1. The largest absolute Gasteiger partial charge is 0.341 e. The van der Waals surface area contributed by atoms with Crippen molar-refractivity contribution < 1.29 is 14.4 Å². The van der Waals surface area contributed by atoms with Crippen molar-refractivity contribution in [2.75, 3.05) is 24.5 Å². The first-order valence-corrected chi connectivity index (χ1v) is 8.46. The highest BCUT2D eigenvalue weighted by Crippen LogP contribution is 2.25. The van der Waals surface area contributed by atoms with Crippen LogP contribution in [0.5, 0.6) is 0 Å². The Labute approximate surface area is 142 Å². The van der Waals surface area contributed by atoms with E-state index in [1.54, 1.807) is 24.0 Å². The first-order valence-electron chi connectivity index (χ1n) is 8.46. The smallest absolute Gasteiger partial charge is 0.332 e. The fourth-order valence-electron chi connectivity index (χ4n) is 3.45. The van der Waals surface area contributed by atoms with Crippen LogP contribution in [0.4, 0.5) is 10.5 Å². The zero-order valence-corrected chi connectivity index (χ0v) is 14.1. The lowest BCUT2D eigenvalue weighted by Crippen LogP contribution is -2.46. The van der Waals surface area contributed by atoms with E-state index in [4.69, 9.17) is 0 Å². The van der Waals surface area contributed by atoms with E-state index < -0.39 is 12.1 Å². The zero-order valence-electron chi connectivity index (χ0n) is 14.1. The number of para-hydroxylation sites is 1. The molecule has 0 N–H and O–H groups in total. The molecule has 24 heavy (non-hydrogen) atoms. The molecule has 0 unspecified atom stereocenters. The van der Waals surface area contributed by atoms with Gasteiger partial charge in [0.1, 0.15) is 12.6 Å². The molecule has 2 atom stereocenters. The van der Waals surface area contributed by atoms with Gasteiger partial charge < -0.3 is 4.90 Å². The van der Waals surface area contributed by atoms with E-state index in [0.29, 0.717) is 24.7 Å². The summed E-state index contributed by atoms with van der Waals surface area (Å²) in [5.41, 5.74) is 0.671. The van der Waals surface area contributed by atoms with Crippen molar-refractivity contribution in [2.45, 2.75) is 32.7 Å². The minimum atomic E-state index is -0.590. The molecular formula is C18H23N3O3. The molecule has 0 aliphatic carbocycles. The van der Waals surface area contributed by atoms with Crippen molar-refractivity contribution in [2.24, 2.45) is 5.92 Å². The lowest BCUT2D eigenvalue weighted by atomic mass is 10.0. The summed E-state index contributed by atoms with van der Waals surface area (Å²) in [4.78, 5) is 42.0. The van der Waals surface area contributed by atoms with Crippen LogP contribution in [-0.4, -0.2) is 53.3 Å². The molecule has 2 aliphatic heterocycles. The van der Waals surface area contributed by atoms with Crippen molar-refractivity contribution >= 4 is 23.5 Å². The Morgan fingerprint density at radius 1 is 1.17 bits per heavy atom. The highest BCUT2D eigenvalue weighted by atomic mass is 16.2. The summed E-state index contributed by atoms with van der Waals surface area (Å²) in [5, 5.41) is 0. The number of urea groups is 1. The summed E-state index contributed by atoms with van der Waals surface area (Å²) in [6, 6.07) is 8.07. The maximum Gasteiger partial charge on any atom is 0.332 e. The summed E-state index contributed by atoms with van der Waals surface area (Å²) < 4.78 is 0. The molecule has 128 valence electrons. The van der Waals surface area contributed by atoms with Crippen LogP contribution in [0.15, 0.2) is 30.3 Å². The van der Waals surface area contributed by atoms with Gasteiger partial charge in [0.05, 0.1) is 0 Å². The minimum absolute atomic E-state index is 0.148. The van der Waals surface area contributed by atoms with Gasteiger partial charge in [-0.05, 0) is 37.8 Å². The normalized spacial score (nSPS) is 24.7. The van der Waals surface area contributed by atoms with Crippen molar-refractivity contribution in [3.05, 3.63) is 30.3 Å². The number of amides is 4. The standard InChI is InChI=1S/C18H23N3O3/c1-13-7-6-10-19(11-13)16(22)12-20-17(23)14(2)21(18(20)24)15-8-4-3-5-9-15/h3-5,8-9,13-14H,6-7,10-12H2,1-2H3/t13-,14-/m1/s1. The maximum absolute atomic E-state index is 12.7. The fourth-order valence-corrected chi connectivity index (χ4v) is 3.45. The van der Waals surface area contributed by atoms with Crippen LogP contribution < -0.4 is 4.90 Å². The highest BCUT2D eigenvalue weighted by Gasteiger charge is 2.44. The molecule has 4 amide bonds. The Kier molecular flexibility index (Phi) is 4.55. The third kappa shape index (κ3) is 3.00. The predicted octanol–water partition coefficient (Wildman–Crippen LogP) is 2.10. The summed E-state index contributed by atoms with van der Waals surface area (Å²) in [6.45, 7) is 5.05. The average molecular weight is 329 g/mol.